The molecule has 0 spiro atoms. The Labute approximate surface area is 98.1 Å². The van der Waals surface area contributed by atoms with E-state index in [0.717, 1.165) is 11.1 Å². The van der Waals surface area contributed by atoms with Crippen molar-refractivity contribution in [2.75, 3.05) is 0 Å². The maximum absolute atomic E-state index is 10.9. The summed E-state index contributed by atoms with van der Waals surface area (Å²) < 4.78 is 0. The van der Waals surface area contributed by atoms with Crippen molar-refractivity contribution < 1.29 is 0 Å². The molecule has 4 heteroatoms. The largest absolute Gasteiger partial charge is 0.340 e. The van der Waals surface area contributed by atoms with Gasteiger partial charge in [0.25, 0.3) is 0 Å². The quantitative estimate of drug-likeness (QED) is 0.723. The molecule has 0 radical (unpaired) electrons. The van der Waals surface area contributed by atoms with Crippen LogP contribution in [0.1, 0.15) is 18.4 Å². The molecule has 1 fully saturated rings. The molecule has 0 bridgehead atoms. The average molecular weight is 225 g/mol. The lowest BCUT2D eigenvalue weighted by molar-refractivity contribution is 1.05. The number of nitrogens with one attached hydrogen (secondary N) is 2. The van der Waals surface area contributed by atoms with Gasteiger partial charge in [0.05, 0.1) is 0 Å². The summed E-state index contributed by atoms with van der Waals surface area (Å²) in [5, 5.41) is 6.21. The van der Waals surface area contributed by atoms with Gasteiger partial charge < -0.3 is 0 Å². The van der Waals surface area contributed by atoms with E-state index in [1.54, 1.807) is 0 Å². The van der Waals surface area contributed by atoms with E-state index in [9.17, 15) is 4.79 Å². The van der Waals surface area contributed by atoms with E-state index in [2.05, 4.69) is 27.0 Å². The van der Waals surface area contributed by atoms with Gasteiger partial charge in [-0.3, -0.25) is 4.98 Å². The zero-order valence-corrected chi connectivity index (χ0v) is 9.16. The van der Waals surface area contributed by atoms with Gasteiger partial charge in [-0.05, 0) is 37.1 Å². The van der Waals surface area contributed by atoms with Gasteiger partial charge in [0.15, 0.2) is 5.82 Å². The van der Waals surface area contributed by atoms with Crippen LogP contribution in [0, 0.1) is 17.8 Å². The van der Waals surface area contributed by atoms with Gasteiger partial charge >= 0.3 is 5.69 Å². The minimum absolute atomic E-state index is 0.294. The number of rotatable bonds is 1. The summed E-state index contributed by atoms with van der Waals surface area (Å²) in [7, 11) is 0. The highest BCUT2D eigenvalue weighted by Gasteiger charge is 2.17. The Hall–Kier alpha value is -2.28. The molecule has 1 aliphatic carbocycles. The van der Waals surface area contributed by atoms with Crippen LogP contribution in [0.4, 0.5) is 0 Å². The van der Waals surface area contributed by atoms with Crippen LogP contribution in [0.2, 0.25) is 0 Å². The maximum atomic E-state index is 10.9. The lowest BCUT2D eigenvalue weighted by Gasteiger charge is -1.95. The van der Waals surface area contributed by atoms with E-state index in [4.69, 9.17) is 0 Å². The summed E-state index contributed by atoms with van der Waals surface area (Å²) >= 11 is 0. The second kappa shape index (κ2) is 3.95. The second-order valence-electron chi connectivity index (χ2n) is 4.15. The van der Waals surface area contributed by atoms with Gasteiger partial charge in [-0.2, -0.15) is 5.10 Å². The van der Waals surface area contributed by atoms with E-state index >= 15 is 0 Å². The minimum atomic E-state index is -0.294. The third-order valence-electron chi connectivity index (χ3n) is 2.66. The first-order valence-electron chi connectivity index (χ1n) is 5.58. The van der Waals surface area contributed by atoms with Crippen LogP contribution in [-0.4, -0.2) is 15.2 Å². The summed E-state index contributed by atoms with van der Waals surface area (Å²) in [6, 6.07) is 7.70. The molecule has 17 heavy (non-hydrogen) atoms. The predicted octanol–water partition coefficient (Wildman–Crippen LogP) is 1.53. The average Bonchev–Trinajstić information content (AvgIpc) is 3.09. The molecule has 84 valence electrons. The van der Waals surface area contributed by atoms with Crippen molar-refractivity contribution >= 4 is 0 Å². The number of benzene rings is 1. The highest BCUT2D eigenvalue weighted by atomic mass is 16.1. The summed E-state index contributed by atoms with van der Waals surface area (Å²) in [4.78, 5) is 13.5. The molecular weight excluding hydrogens is 214 g/mol. The molecular formula is C13H11N3O. The van der Waals surface area contributed by atoms with Crippen molar-refractivity contribution in [3.8, 4) is 23.2 Å². The highest BCUT2D eigenvalue weighted by Crippen LogP contribution is 2.27. The van der Waals surface area contributed by atoms with Gasteiger partial charge in [0.1, 0.15) is 0 Å². The first kappa shape index (κ1) is 9.91. The smallest absolute Gasteiger partial charge is 0.289 e. The van der Waals surface area contributed by atoms with Crippen LogP contribution in [0.3, 0.4) is 0 Å². The molecule has 1 aromatic heterocycles. The fourth-order valence-corrected chi connectivity index (χ4v) is 1.53. The predicted molar refractivity (Wildman–Crippen MR) is 64.2 cm³/mol. The third-order valence-corrected chi connectivity index (χ3v) is 2.66. The van der Waals surface area contributed by atoms with Crippen molar-refractivity contribution in [3.05, 3.63) is 40.3 Å². The fourth-order valence-electron chi connectivity index (χ4n) is 1.53. The molecule has 0 atom stereocenters. The Morgan fingerprint density at radius 2 is 2.00 bits per heavy atom. The first-order valence-corrected chi connectivity index (χ1v) is 5.58. The van der Waals surface area contributed by atoms with Crippen LogP contribution >= 0.6 is 0 Å². The fraction of sp³-hybridized carbons (Fsp3) is 0.231. The van der Waals surface area contributed by atoms with Gasteiger partial charge in [-0.15, -0.1) is 0 Å². The molecule has 0 amide bonds. The Balaban J connectivity index is 1.85. The van der Waals surface area contributed by atoms with Crippen LogP contribution in [-0.2, 0) is 0 Å². The Bertz CT molecular complexity index is 636. The molecule has 0 unspecified atom stereocenters. The SMILES string of the molecule is O=c1[nH]nc(-c2ccc(C#CC3CC3)cc2)[nH]1. The van der Waals surface area contributed by atoms with E-state index < -0.39 is 0 Å². The molecule has 0 aliphatic heterocycles. The monoisotopic (exact) mass is 225 g/mol. The van der Waals surface area contributed by atoms with E-state index in [0.29, 0.717) is 11.7 Å². The van der Waals surface area contributed by atoms with E-state index in [-0.39, 0.29) is 5.69 Å². The molecule has 2 N–H and O–H groups in total. The van der Waals surface area contributed by atoms with Crippen molar-refractivity contribution in [2.45, 2.75) is 12.8 Å². The highest BCUT2D eigenvalue weighted by molar-refractivity contribution is 5.56. The minimum Gasteiger partial charge on any atom is -0.289 e. The molecule has 2 aromatic rings. The number of H-pyrrole nitrogens is 2. The van der Waals surface area contributed by atoms with E-state index in [1.807, 2.05) is 24.3 Å². The molecule has 1 heterocycles. The Kier molecular flexibility index (Phi) is 2.30. The molecule has 3 rings (SSSR count). The van der Waals surface area contributed by atoms with Gasteiger partial charge in [-0.25, -0.2) is 9.89 Å². The first-order chi connectivity index (χ1) is 8.31. The van der Waals surface area contributed by atoms with E-state index in [1.165, 1.54) is 12.8 Å². The topological polar surface area (TPSA) is 61.5 Å². The van der Waals surface area contributed by atoms with Crippen LogP contribution in [0.25, 0.3) is 11.4 Å². The molecule has 4 nitrogen and oxygen atoms in total. The Morgan fingerprint density at radius 3 is 2.59 bits per heavy atom. The Morgan fingerprint density at radius 1 is 1.24 bits per heavy atom. The van der Waals surface area contributed by atoms with Gasteiger partial charge in [0, 0.05) is 17.0 Å². The maximum Gasteiger partial charge on any atom is 0.340 e. The number of aromatic amines is 2. The van der Waals surface area contributed by atoms with Crippen molar-refractivity contribution in [2.24, 2.45) is 5.92 Å². The van der Waals surface area contributed by atoms with Gasteiger partial charge in [0.2, 0.25) is 0 Å². The molecule has 1 saturated carbocycles. The second-order valence-corrected chi connectivity index (χ2v) is 4.15. The summed E-state index contributed by atoms with van der Waals surface area (Å²) in [6.45, 7) is 0. The number of nitrogens with zero attached hydrogens (tertiary/aromatic N) is 1. The lowest BCUT2D eigenvalue weighted by atomic mass is 10.1. The van der Waals surface area contributed by atoms with Crippen molar-refractivity contribution in [1.82, 2.24) is 15.2 Å². The van der Waals surface area contributed by atoms with Crippen LogP contribution in [0.5, 0.6) is 0 Å². The van der Waals surface area contributed by atoms with Crippen LogP contribution < -0.4 is 5.69 Å². The standard InChI is InChI=1S/C13H11N3O/c17-13-14-12(15-16-13)11-7-5-10(6-8-11)4-3-9-1-2-9/h5-9H,1-2H2,(H2,14,15,16,17). The van der Waals surface area contributed by atoms with Gasteiger partial charge in [-0.1, -0.05) is 11.8 Å². The normalized spacial score (nSPS) is 14.1. The molecule has 1 aromatic carbocycles. The molecule has 1 aliphatic rings. The zero-order chi connectivity index (χ0) is 11.7. The lowest BCUT2D eigenvalue weighted by Crippen LogP contribution is -2.00. The number of aromatic nitrogens is 3. The summed E-state index contributed by atoms with van der Waals surface area (Å²) in [5.74, 6) is 7.51. The number of hydrogen-bond acceptors (Lipinski definition) is 2. The third kappa shape index (κ3) is 2.28. The zero-order valence-electron chi connectivity index (χ0n) is 9.16. The van der Waals surface area contributed by atoms with Crippen molar-refractivity contribution in [3.63, 3.8) is 0 Å². The number of hydrogen-bond donors (Lipinski definition) is 2. The summed E-state index contributed by atoms with van der Waals surface area (Å²) in [5.41, 5.74) is 1.58. The van der Waals surface area contributed by atoms with Crippen molar-refractivity contribution in [1.29, 1.82) is 0 Å². The molecule has 0 saturated heterocycles. The van der Waals surface area contributed by atoms with Crippen LogP contribution in [0.15, 0.2) is 29.1 Å². The summed E-state index contributed by atoms with van der Waals surface area (Å²) in [6.07, 6.45) is 2.47.